The van der Waals surface area contributed by atoms with Crippen molar-refractivity contribution in [1.29, 1.82) is 0 Å². The quantitative estimate of drug-likeness (QED) is 0.802. The van der Waals surface area contributed by atoms with Crippen LogP contribution >= 0.6 is 15.9 Å². The highest BCUT2D eigenvalue weighted by molar-refractivity contribution is 9.10. The van der Waals surface area contributed by atoms with E-state index in [2.05, 4.69) is 26.3 Å². The number of aromatic nitrogens is 2. The monoisotopic (exact) mass is 309 g/mol. The van der Waals surface area contributed by atoms with E-state index >= 15 is 0 Å². The van der Waals surface area contributed by atoms with Crippen LogP contribution in [-0.2, 0) is 6.54 Å². The predicted octanol–water partition coefficient (Wildman–Crippen LogP) is 1.97. The van der Waals surface area contributed by atoms with Crippen LogP contribution in [0.15, 0.2) is 47.2 Å². The van der Waals surface area contributed by atoms with Crippen LogP contribution in [0.4, 0.5) is 0 Å². The van der Waals surface area contributed by atoms with Gasteiger partial charge in [0.1, 0.15) is 0 Å². The second-order valence-electron chi connectivity index (χ2n) is 4.04. The van der Waals surface area contributed by atoms with Crippen molar-refractivity contribution >= 4 is 15.9 Å². The van der Waals surface area contributed by atoms with Gasteiger partial charge in [-0.05, 0) is 23.8 Å². The fraction of sp³-hybridized carbons (Fsp3) is 0.308. The molecule has 0 spiro atoms. The molecule has 96 valence electrons. The van der Waals surface area contributed by atoms with Crippen molar-refractivity contribution in [1.82, 2.24) is 15.1 Å². The SMILES string of the molecule is O[C@H](CNCCn1cccn1)c1ccc(Br)cc1. The van der Waals surface area contributed by atoms with E-state index in [4.69, 9.17) is 0 Å². The summed E-state index contributed by atoms with van der Waals surface area (Å²) in [7, 11) is 0. The lowest BCUT2D eigenvalue weighted by atomic mass is 10.1. The number of hydrogen-bond donors (Lipinski definition) is 2. The Bertz CT molecular complexity index is 456. The van der Waals surface area contributed by atoms with E-state index in [1.54, 1.807) is 6.20 Å². The van der Waals surface area contributed by atoms with Crippen LogP contribution in [0.2, 0.25) is 0 Å². The summed E-state index contributed by atoms with van der Waals surface area (Å²) in [6, 6.07) is 9.61. The summed E-state index contributed by atoms with van der Waals surface area (Å²) < 4.78 is 2.88. The van der Waals surface area contributed by atoms with E-state index in [0.29, 0.717) is 6.54 Å². The van der Waals surface area contributed by atoms with Crippen LogP contribution in [0.5, 0.6) is 0 Å². The molecular formula is C13H16BrN3O. The van der Waals surface area contributed by atoms with Gasteiger partial charge in [-0.3, -0.25) is 4.68 Å². The zero-order chi connectivity index (χ0) is 12.8. The third kappa shape index (κ3) is 3.94. The molecule has 2 aromatic rings. The number of nitrogens with zero attached hydrogens (tertiary/aromatic N) is 2. The lowest BCUT2D eigenvalue weighted by Crippen LogP contribution is -2.25. The molecule has 18 heavy (non-hydrogen) atoms. The van der Waals surface area contributed by atoms with Crippen LogP contribution in [0.1, 0.15) is 11.7 Å². The minimum Gasteiger partial charge on any atom is -0.387 e. The first-order valence-corrected chi connectivity index (χ1v) is 6.66. The topological polar surface area (TPSA) is 50.1 Å². The van der Waals surface area contributed by atoms with Gasteiger partial charge >= 0.3 is 0 Å². The minimum absolute atomic E-state index is 0.476. The number of aliphatic hydroxyl groups excluding tert-OH is 1. The molecule has 1 aromatic carbocycles. The maximum atomic E-state index is 9.97. The lowest BCUT2D eigenvalue weighted by molar-refractivity contribution is 0.174. The fourth-order valence-corrected chi connectivity index (χ4v) is 1.93. The summed E-state index contributed by atoms with van der Waals surface area (Å²) in [5.41, 5.74) is 0.921. The molecule has 0 aliphatic heterocycles. The van der Waals surface area contributed by atoms with Crippen molar-refractivity contribution in [2.24, 2.45) is 0 Å². The van der Waals surface area contributed by atoms with E-state index in [1.807, 2.05) is 41.2 Å². The molecule has 0 aliphatic carbocycles. The second-order valence-corrected chi connectivity index (χ2v) is 4.96. The molecule has 2 N–H and O–H groups in total. The molecule has 0 bridgehead atoms. The van der Waals surface area contributed by atoms with Crippen LogP contribution in [0, 0.1) is 0 Å². The Morgan fingerprint density at radius 2 is 2.11 bits per heavy atom. The van der Waals surface area contributed by atoms with Gasteiger partial charge in [-0.25, -0.2) is 0 Å². The van der Waals surface area contributed by atoms with Crippen molar-refractivity contribution in [3.8, 4) is 0 Å². The Hall–Kier alpha value is -1.17. The normalized spacial score (nSPS) is 12.6. The maximum absolute atomic E-state index is 9.97. The highest BCUT2D eigenvalue weighted by atomic mass is 79.9. The molecule has 1 heterocycles. The number of hydrogen-bond acceptors (Lipinski definition) is 3. The van der Waals surface area contributed by atoms with Crippen LogP contribution in [0.3, 0.4) is 0 Å². The Morgan fingerprint density at radius 1 is 1.33 bits per heavy atom. The summed E-state index contributed by atoms with van der Waals surface area (Å²) in [6.07, 6.45) is 3.21. The van der Waals surface area contributed by atoms with Crippen LogP contribution < -0.4 is 5.32 Å². The third-order valence-electron chi connectivity index (χ3n) is 2.67. The molecule has 0 radical (unpaired) electrons. The lowest BCUT2D eigenvalue weighted by Gasteiger charge is -2.12. The van der Waals surface area contributed by atoms with Crippen molar-refractivity contribution in [3.63, 3.8) is 0 Å². The first-order valence-electron chi connectivity index (χ1n) is 5.87. The molecule has 0 aliphatic rings. The number of aliphatic hydroxyl groups is 1. The van der Waals surface area contributed by atoms with Gasteiger partial charge in [0.25, 0.3) is 0 Å². The fourth-order valence-electron chi connectivity index (χ4n) is 1.67. The summed E-state index contributed by atoms with van der Waals surface area (Å²) >= 11 is 3.37. The Kier molecular flexibility index (Phi) is 4.92. The average molecular weight is 310 g/mol. The second kappa shape index (κ2) is 6.68. The van der Waals surface area contributed by atoms with Crippen molar-refractivity contribution in [3.05, 3.63) is 52.8 Å². The average Bonchev–Trinajstić information content (AvgIpc) is 2.88. The Labute approximate surface area is 115 Å². The molecule has 0 saturated carbocycles. The molecular weight excluding hydrogens is 294 g/mol. The number of rotatable bonds is 6. The van der Waals surface area contributed by atoms with E-state index in [0.717, 1.165) is 23.1 Å². The van der Waals surface area contributed by atoms with Crippen LogP contribution in [-0.4, -0.2) is 28.0 Å². The van der Waals surface area contributed by atoms with Gasteiger partial charge < -0.3 is 10.4 Å². The predicted molar refractivity (Wildman–Crippen MR) is 74.2 cm³/mol. The van der Waals surface area contributed by atoms with Gasteiger partial charge in [-0.1, -0.05) is 28.1 Å². The van der Waals surface area contributed by atoms with Crippen molar-refractivity contribution in [2.75, 3.05) is 13.1 Å². The number of nitrogens with one attached hydrogen (secondary N) is 1. The summed E-state index contributed by atoms with van der Waals surface area (Å²) in [6.45, 7) is 2.14. The zero-order valence-electron chi connectivity index (χ0n) is 9.96. The van der Waals surface area contributed by atoms with Gasteiger partial charge in [-0.2, -0.15) is 5.10 Å². The number of halogens is 1. The van der Waals surface area contributed by atoms with Gasteiger partial charge in [0.05, 0.1) is 12.6 Å². The molecule has 0 unspecified atom stereocenters. The number of benzene rings is 1. The van der Waals surface area contributed by atoms with Crippen molar-refractivity contribution in [2.45, 2.75) is 12.6 Å². The van der Waals surface area contributed by atoms with E-state index in [9.17, 15) is 5.11 Å². The molecule has 0 fully saturated rings. The summed E-state index contributed by atoms with van der Waals surface area (Å²) in [5.74, 6) is 0. The van der Waals surface area contributed by atoms with Gasteiger partial charge in [0.15, 0.2) is 0 Å². The molecule has 1 aromatic heterocycles. The van der Waals surface area contributed by atoms with Gasteiger partial charge in [-0.15, -0.1) is 0 Å². The molecule has 0 saturated heterocycles. The van der Waals surface area contributed by atoms with Gasteiger partial charge in [0, 0.05) is 30.0 Å². The first-order chi connectivity index (χ1) is 8.75. The largest absolute Gasteiger partial charge is 0.387 e. The third-order valence-corrected chi connectivity index (χ3v) is 3.20. The van der Waals surface area contributed by atoms with E-state index in [-0.39, 0.29) is 0 Å². The minimum atomic E-state index is -0.476. The smallest absolute Gasteiger partial charge is 0.0914 e. The Balaban J connectivity index is 1.71. The molecule has 4 nitrogen and oxygen atoms in total. The highest BCUT2D eigenvalue weighted by Gasteiger charge is 2.06. The first kappa shape index (κ1) is 13.3. The van der Waals surface area contributed by atoms with E-state index in [1.165, 1.54) is 0 Å². The summed E-state index contributed by atoms with van der Waals surface area (Å²) in [5, 5.41) is 17.3. The zero-order valence-corrected chi connectivity index (χ0v) is 11.5. The standard InChI is InChI=1S/C13H16BrN3O/c14-12-4-2-11(3-5-12)13(18)10-15-7-9-17-8-1-6-16-17/h1-6,8,13,15,18H,7,9-10H2/t13-/m1/s1. The molecule has 1 atom stereocenters. The molecule has 5 heteroatoms. The summed E-state index contributed by atoms with van der Waals surface area (Å²) in [4.78, 5) is 0. The van der Waals surface area contributed by atoms with Crippen molar-refractivity contribution < 1.29 is 5.11 Å². The van der Waals surface area contributed by atoms with Crippen LogP contribution in [0.25, 0.3) is 0 Å². The Morgan fingerprint density at radius 3 is 2.78 bits per heavy atom. The molecule has 2 rings (SSSR count). The van der Waals surface area contributed by atoms with Gasteiger partial charge in [0.2, 0.25) is 0 Å². The highest BCUT2D eigenvalue weighted by Crippen LogP contribution is 2.16. The molecule has 0 amide bonds. The van der Waals surface area contributed by atoms with E-state index < -0.39 is 6.10 Å². The maximum Gasteiger partial charge on any atom is 0.0914 e.